The summed E-state index contributed by atoms with van der Waals surface area (Å²) < 4.78 is 6.94. The van der Waals surface area contributed by atoms with Crippen LogP contribution in [-0.2, 0) is 18.3 Å². The van der Waals surface area contributed by atoms with Gasteiger partial charge < -0.3 is 9.84 Å². The predicted molar refractivity (Wildman–Crippen MR) is 71.3 cm³/mol. The first-order chi connectivity index (χ1) is 9.04. The first kappa shape index (κ1) is 13.1. The number of aliphatic carboxylic acids is 1. The zero-order valence-corrected chi connectivity index (χ0v) is 11.2. The Labute approximate surface area is 111 Å². The van der Waals surface area contributed by atoms with Gasteiger partial charge in [-0.3, -0.25) is 9.48 Å². The van der Waals surface area contributed by atoms with Gasteiger partial charge in [0.25, 0.3) is 0 Å². The third-order valence-corrected chi connectivity index (χ3v) is 3.11. The number of benzene rings is 1. The standard InChI is InChI=1S/C14H16N2O3/c1-9-11(8-13(17)18)16(2)15-14(9)10-6-4-5-7-12(10)19-3/h4-7H,8H2,1-3H3,(H,17,18). The van der Waals surface area contributed by atoms with E-state index in [4.69, 9.17) is 9.84 Å². The molecule has 0 radical (unpaired) electrons. The number of methoxy groups -OCH3 is 1. The Morgan fingerprint density at radius 2 is 2.11 bits per heavy atom. The van der Waals surface area contributed by atoms with Crippen molar-refractivity contribution in [2.24, 2.45) is 7.05 Å². The van der Waals surface area contributed by atoms with E-state index in [2.05, 4.69) is 5.10 Å². The molecular weight excluding hydrogens is 244 g/mol. The van der Waals surface area contributed by atoms with Crippen LogP contribution in [0.1, 0.15) is 11.3 Å². The van der Waals surface area contributed by atoms with Crippen molar-refractivity contribution in [3.63, 3.8) is 0 Å². The average molecular weight is 260 g/mol. The van der Waals surface area contributed by atoms with Crippen LogP contribution in [0.2, 0.25) is 0 Å². The van der Waals surface area contributed by atoms with Gasteiger partial charge in [0.05, 0.1) is 24.9 Å². The minimum Gasteiger partial charge on any atom is -0.496 e. The van der Waals surface area contributed by atoms with E-state index in [9.17, 15) is 4.79 Å². The van der Waals surface area contributed by atoms with Crippen molar-refractivity contribution in [2.75, 3.05) is 7.11 Å². The van der Waals surface area contributed by atoms with E-state index in [-0.39, 0.29) is 6.42 Å². The van der Waals surface area contributed by atoms with Crippen LogP contribution >= 0.6 is 0 Å². The summed E-state index contributed by atoms with van der Waals surface area (Å²) in [6.07, 6.45) is -0.0372. The number of aryl methyl sites for hydroxylation is 1. The average Bonchev–Trinajstić information content (AvgIpc) is 2.66. The molecule has 0 aliphatic rings. The molecule has 5 heteroatoms. The highest BCUT2D eigenvalue weighted by molar-refractivity contribution is 5.74. The van der Waals surface area contributed by atoms with Gasteiger partial charge >= 0.3 is 5.97 Å². The quantitative estimate of drug-likeness (QED) is 0.913. The molecule has 2 rings (SSSR count). The van der Waals surface area contributed by atoms with Gasteiger partial charge in [-0.15, -0.1) is 0 Å². The second-order valence-electron chi connectivity index (χ2n) is 4.31. The molecule has 1 aromatic carbocycles. The van der Waals surface area contributed by atoms with Crippen molar-refractivity contribution in [2.45, 2.75) is 13.3 Å². The lowest BCUT2D eigenvalue weighted by molar-refractivity contribution is -0.136. The molecule has 0 amide bonds. The predicted octanol–water partition coefficient (Wildman–Crippen LogP) is 2.03. The fourth-order valence-electron chi connectivity index (χ4n) is 2.15. The number of para-hydroxylation sites is 1. The maximum absolute atomic E-state index is 10.9. The molecule has 0 spiro atoms. The first-order valence-electron chi connectivity index (χ1n) is 5.92. The largest absolute Gasteiger partial charge is 0.496 e. The number of ether oxygens (including phenoxy) is 1. The van der Waals surface area contributed by atoms with E-state index >= 15 is 0 Å². The second-order valence-corrected chi connectivity index (χ2v) is 4.31. The van der Waals surface area contributed by atoms with Crippen LogP contribution in [0, 0.1) is 6.92 Å². The molecule has 0 saturated carbocycles. The Morgan fingerprint density at radius 3 is 2.74 bits per heavy atom. The van der Waals surface area contributed by atoms with E-state index in [0.717, 1.165) is 22.6 Å². The zero-order chi connectivity index (χ0) is 14.0. The molecule has 1 heterocycles. The summed E-state index contributed by atoms with van der Waals surface area (Å²) in [4.78, 5) is 10.9. The van der Waals surface area contributed by atoms with Crippen molar-refractivity contribution < 1.29 is 14.6 Å². The lowest BCUT2D eigenvalue weighted by Gasteiger charge is -2.06. The topological polar surface area (TPSA) is 64.4 Å². The van der Waals surface area contributed by atoms with Crippen molar-refractivity contribution >= 4 is 5.97 Å². The van der Waals surface area contributed by atoms with Crippen molar-refractivity contribution in [3.05, 3.63) is 35.5 Å². The van der Waals surface area contributed by atoms with Gasteiger partial charge in [-0.2, -0.15) is 5.10 Å². The Kier molecular flexibility index (Phi) is 3.55. The van der Waals surface area contributed by atoms with E-state index < -0.39 is 5.97 Å². The van der Waals surface area contributed by atoms with Crippen LogP contribution in [-0.4, -0.2) is 28.0 Å². The summed E-state index contributed by atoms with van der Waals surface area (Å²) in [6, 6.07) is 7.57. The van der Waals surface area contributed by atoms with Crippen LogP contribution in [0.25, 0.3) is 11.3 Å². The molecule has 2 aromatic rings. The van der Waals surface area contributed by atoms with Crippen LogP contribution in [0.15, 0.2) is 24.3 Å². The van der Waals surface area contributed by atoms with Gasteiger partial charge in [-0.1, -0.05) is 12.1 Å². The Morgan fingerprint density at radius 1 is 1.42 bits per heavy atom. The number of carboxylic acids is 1. The Hall–Kier alpha value is -2.30. The van der Waals surface area contributed by atoms with Crippen molar-refractivity contribution in [1.29, 1.82) is 0 Å². The summed E-state index contributed by atoms with van der Waals surface area (Å²) in [5.41, 5.74) is 3.20. The normalized spacial score (nSPS) is 10.5. The molecule has 5 nitrogen and oxygen atoms in total. The minimum absolute atomic E-state index is 0.0372. The number of carbonyl (C=O) groups is 1. The highest BCUT2D eigenvalue weighted by Gasteiger charge is 2.18. The second kappa shape index (κ2) is 5.14. The smallest absolute Gasteiger partial charge is 0.309 e. The Bertz CT molecular complexity index is 617. The number of aromatic nitrogens is 2. The maximum Gasteiger partial charge on any atom is 0.309 e. The highest BCUT2D eigenvalue weighted by Crippen LogP contribution is 2.32. The molecule has 0 fully saturated rings. The number of hydrogen-bond acceptors (Lipinski definition) is 3. The third-order valence-electron chi connectivity index (χ3n) is 3.11. The number of hydrogen-bond donors (Lipinski definition) is 1. The Balaban J connectivity index is 2.55. The summed E-state index contributed by atoms with van der Waals surface area (Å²) in [6.45, 7) is 1.88. The van der Waals surface area contributed by atoms with Gasteiger partial charge in [0.1, 0.15) is 5.75 Å². The van der Waals surface area contributed by atoms with Crippen molar-refractivity contribution in [3.8, 4) is 17.0 Å². The molecule has 0 aliphatic carbocycles. The summed E-state index contributed by atoms with van der Waals surface area (Å²) >= 11 is 0. The van der Waals surface area contributed by atoms with Crippen LogP contribution in [0.5, 0.6) is 5.75 Å². The SMILES string of the molecule is COc1ccccc1-c1nn(C)c(CC(=O)O)c1C. The van der Waals surface area contributed by atoms with Gasteiger partial charge in [-0.25, -0.2) is 0 Å². The molecule has 100 valence electrons. The number of carboxylic acid groups (broad SMARTS) is 1. The minimum atomic E-state index is -0.863. The van der Waals surface area contributed by atoms with Crippen LogP contribution in [0.3, 0.4) is 0 Å². The molecule has 1 aromatic heterocycles. The molecule has 0 bridgehead atoms. The molecule has 0 atom stereocenters. The molecule has 0 saturated heterocycles. The van der Waals surface area contributed by atoms with E-state index in [1.165, 1.54) is 0 Å². The molecule has 0 unspecified atom stereocenters. The fourth-order valence-corrected chi connectivity index (χ4v) is 2.15. The third kappa shape index (κ3) is 2.45. The molecular formula is C14H16N2O3. The monoisotopic (exact) mass is 260 g/mol. The summed E-state index contributed by atoms with van der Waals surface area (Å²) in [5.74, 6) is -0.136. The summed E-state index contributed by atoms with van der Waals surface area (Å²) in [7, 11) is 3.36. The lowest BCUT2D eigenvalue weighted by Crippen LogP contribution is -2.06. The van der Waals surface area contributed by atoms with E-state index in [1.807, 2.05) is 31.2 Å². The maximum atomic E-state index is 10.9. The highest BCUT2D eigenvalue weighted by atomic mass is 16.5. The van der Waals surface area contributed by atoms with Crippen LogP contribution < -0.4 is 4.74 Å². The summed E-state index contributed by atoms with van der Waals surface area (Å²) in [5, 5.41) is 13.3. The van der Waals surface area contributed by atoms with E-state index in [0.29, 0.717) is 5.69 Å². The van der Waals surface area contributed by atoms with Crippen LogP contribution in [0.4, 0.5) is 0 Å². The lowest BCUT2D eigenvalue weighted by atomic mass is 10.0. The van der Waals surface area contributed by atoms with Gasteiger partial charge in [0.15, 0.2) is 0 Å². The van der Waals surface area contributed by atoms with Gasteiger partial charge in [0, 0.05) is 12.6 Å². The fraction of sp³-hybridized carbons (Fsp3) is 0.286. The number of rotatable bonds is 4. The first-order valence-corrected chi connectivity index (χ1v) is 5.92. The van der Waals surface area contributed by atoms with E-state index in [1.54, 1.807) is 18.8 Å². The molecule has 0 aliphatic heterocycles. The number of nitrogens with zero attached hydrogens (tertiary/aromatic N) is 2. The molecule has 1 N–H and O–H groups in total. The van der Waals surface area contributed by atoms with Gasteiger partial charge in [0.2, 0.25) is 0 Å². The molecule has 19 heavy (non-hydrogen) atoms. The van der Waals surface area contributed by atoms with Gasteiger partial charge in [-0.05, 0) is 24.6 Å². The zero-order valence-electron chi connectivity index (χ0n) is 11.2. The van der Waals surface area contributed by atoms with Crippen molar-refractivity contribution in [1.82, 2.24) is 9.78 Å².